The number of benzene rings is 1. The van der Waals surface area contributed by atoms with Crippen LogP contribution in [-0.4, -0.2) is 22.0 Å². The summed E-state index contributed by atoms with van der Waals surface area (Å²) in [6.45, 7) is 1.97. The van der Waals surface area contributed by atoms with Crippen LogP contribution in [-0.2, 0) is 6.42 Å². The van der Waals surface area contributed by atoms with Crippen molar-refractivity contribution in [3.05, 3.63) is 59.4 Å². The Kier molecular flexibility index (Phi) is 4.10. The molecule has 0 saturated heterocycles. The molecule has 0 saturated carbocycles. The molecule has 0 unspecified atom stereocenters. The fourth-order valence-electron chi connectivity index (χ4n) is 1.87. The molecule has 5 heteroatoms. The Hall–Kier alpha value is -2.69. The number of carboxylic acid groups (broad SMARTS) is 1. The largest absolute Gasteiger partial charge is 0.478 e. The van der Waals surface area contributed by atoms with Gasteiger partial charge in [0.1, 0.15) is 0 Å². The summed E-state index contributed by atoms with van der Waals surface area (Å²) in [5, 5.41) is 11.6. The monoisotopic (exact) mass is 270 g/mol. The van der Waals surface area contributed by atoms with Crippen molar-refractivity contribution in [2.24, 2.45) is 0 Å². The highest BCUT2D eigenvalue weighted by molar-refractivity contribution is 6.05. The van der Waals surface area contributed by atoms with Gasteiger partial charge in [0.15, 0.2) is 0 Å². The molecule has 1 heterocycles. The minimum atomic E-state index is -1.08. The number of carbonyl (C=O) groups excluding carboxylic acids is 1. The third kappa shape index (κ3) is 3.00. The molecule has 102 valence electrons. The third-order valence-corrected chi connectivity index (χ3v) is 2.89. The van der Waals surface area contributed by atoms with Gasteiger partial charge in [-0.15, -0.1) is 0 Å². The van der Waals surface area contributed by atoms with E-state index in [1.165, 1.54) is 18.5 Å². The van der Waals surface area contributed by atoms with Crippen molar-refractivity contribution < 1.29 is 14.7 Å². The predicted molar refractivity (Wildman–Crippen MR) is 75.0 cm³/mol. The number of pyridine rings is 1. The molecule has 5 nitrogen and oxygen atoms in total. The van der Waals surface area contributed by atoms with Crippen LogP contribution in [0.4, 0.5) is 5.69 Å². The van der Waals surface area contributed by atoms with Gasteiger partial charge in [-0.05, 0) is 24.1 Å². The van der Waals surface area contributed by atoms with Crippen LogP contribution in [0.5, 0.6) is 0 Å². The first-order chi connectivity index (χ1) is 9.61. The Morgan fingerprint density at radius 1 is 1.25 bits per heavy atom. The predicted octanol–water partition coefficient (Wildman–Crippen LogP) is 2.59. The maximum atomic E-state index is 12.2. The number of anilines is 1. The molecule has 0 aliphatic heterocycles. The number of aryl methyl sites for hydroxylation is 1. The van der Waals surface area contributed by atoms with Crippen molar-refractivity contribution in [2.75, 3.05) is 5.32 Å². The first-order valence-corrected chi connectivity index (χ1v) is 6.19. The zero-order valence-electron chi connectivity index (χ0n) is 11.0. The zero-order valence-corrected chi connectivity index (χ0v) is 11.0. The molecule has 0 spiro atoms. The molecule has 1 amide bonds. The number of amides is 1. The van der Waals surface area contributed by atoms with Crippen LogP contribution in [0.25, 0.3) is 0 Å². The van der Waals surface area contributed by atoms with E-state index in [2.05, 4.69) is 10.3 Å². The first kappa shape index (κ1) is 13.7. The van der Waals surface area contributed by atoms with Crippen LogP contribution in [0.2, 0.25) is 0 Å². The van der Waals surface area contributed by atoms with Crippen LogP contribution in [0.15, 0.2) is 42.7 Å². The van der Waals surface area contributed by atoms with Crippen molar-refractivity contribution in [3.8, 4) is 0 Å². The molecular formula is C15H14N2O3. The molecule has 0 fully saturated rings. The van der Waals surface area contributed by atoms with Gasteiger partial charge in [0.2, 0.25) is 0 Å². The maximum absolute atomic E-state index is 12.2. The molecule has 2 rings (SSSR count). The lowest BCUT2D eigenvalue weighted by Gasteiger charge is -2.09. The molecule has 0 aliphatic carbocycles. The van der Waals surface area contributed by atoms with Crippen molar-refractivity contribution >= 4 is 17.6 Å². The van der Waals surface area contributed by atoms with E-state index >= 15 is 0 Å². The fraction of sp³-hybridized carbons (Fsp3) is 0.133. The Bertz CT molecular complexity index is 653. The molecule has 0 aliphatic rings. The average molecular weight is 270 g/mol. The van der Waals surface area contributed by atoms with E-state index in [0.717, 1.165) is 12.0 Å². The number of nitrogens with zero attached hydrogens (tertiary/aromatic N) is 1. The van der Waals surface area contributed by atoms with Gasteiger partial charge in [0.25, 0.3) is 5.91 Å². The maximum Gasteiger partial charge on any atom is 0.337 e. The fourth-order valence-corrected chi connectivity index (χ4v) is 1.87. The van der Waals surface area contributed by atoms with Gasteiger partial charge in [0.05, 0.1) is 17.4 Å². The summed E-state index contributed by atoms with van der Waals surface area (Å²) in [5.74, 6) is -1.35. The zero-order chi connectivity index (χ0) is 14.5. The topological polar surface area (TPSA) is 79.3 Å². The number of carbonyl (C=O) groups is 2. The lowest BCUT2D eigenvalue weighted by molar-refractivity contribution is 0.0696. The normalized spacial score (nSPS) is 10.1. The Morgan fingerprint density at radius 3 is 2.70 bits per heavy atom. The molecule has 2 N–H and O–H groups in total. The van der Waals surface area contributed by atoms with Gasteiger partial charge < -0.3 is 10.4 Å². The van der Waals surface area contributed by atoms with Crippen LogP contribution in [0, 0.1) is 0 Å². The minimum absolute atomic E-state index is 0.0339. The molecule has 2 aromatic rings. The second kappa shape index (κ2) is 5.97. The van der Waals surface area contributed by atoms with E-state index in [9.17, 15) is 9.59 Å². The lowest BCUT2D eigenvalue weighted by Crippen LogP contribution is -2.14. The number of rotatable bonds is 4. The van der Waals surface area contributed by atoms with Crippen LogP contribution >= 0.6 is 0 Å². The van der Waals surface area contributed by atoms with Gasteiger partial charge in [-0.2, -0.15) is 0 Å². The average Bonchev–Trinajstić information content (AvgIpc) is 2.47. The van der Waals surface area contributed by atoms with E-state index in [1.807, 2.05) is 19.1 Å². The summed E-state index contributed by atoms with van der Waals surface area (Å²) in [6.07, 6.45) is 3.40. The highest BCUT2D eigenvalue weighted by Gasteiger charge is 2.11. The standard InChI is InChI=1S/C15H14N2O3/c1-2-10-5-3-4-6-13(10)14(18)17-12-7-11(15(19)20)8-16-9-12/h3-9H,2H2,1H3,(H,17,18)(H,19,20). The van der Waals surface area contributed by atoms with Gasteiger partial charge in [0, 0.05) is 11.8 Å². The van der Waals surface area contributed by atoms with Gasteiger partial charge in [-0.25, -0.2) is 4.79 Å². The number of nitrogens with one attached hydrogen (secondary N) is 1. The van der Waals surface area contributed by atoms with Gasteiger partial charge >= 0.3 is 5.97 Å². The highest BCUT2D eigenvalue weighted by atomic mass is 16.4. The van der Waals surface area contributed by atoms with Crippen molar-refractivity contribution in [1.82, 2.24) is 4.98 Å². The summed E-state index contributed by atoms with van der Waals surface area (Å²) in [4.78, 5) is 26.8. The summed E-state index contributed by atoms with van der Waals surface area (Å²) in [6, 6.07) is 8.67. The summed E-state index contributed by atoms with van der Waals surface area (Å²) in [7, 11) is 0. The molecule has 20 heavy (non-hydrogen) atoms. The second-order valence-corrected chi connectivity index (χ2v) is 4.23. The molecule has 1 aromatic carbocycles. The molecule has 1 aromatic heterocycles. The van der Waals surface area contributed by atoms with Crippen LogP contribution < -0.4 is 5.32 Å². The molecule has 0 bridgehead atoms. The number of hydrogen-bond donors (Lipinski definition) is 2. The Labute approximate surface area is 116 Å². The Balaban J connectivity index is 2.23. The highest BCUT2D eigenvalue weighted by Crippen LogP contribution is 2.14. The summed E-state index contributed by atoms with van der Waals surface area (Å²) in [5.41, 5.74) is 1.91. The molecule has 0 radical (unpaired) electrons. The van der Waals surface area contributed by atoms with Crippen molar-refractivity contribution in [1.29, 1.82) is 0 Å². The number of aromatic carboxylic acids is 1. The summed E-state index contributed by atoms with van der Waals surface area (Å²) < 4.78 is 0. The second-order valence-electron chi connectivity index (χ2n) is 4.23. The third-order valence-electron chi connectivity index (χ3n) is 2.89. The van der Waals surface area contributed by atoms with E-state index in [0.29, 0.717) is 11.3 Å². The van der Waals surface area contributed by atoms with Crippen molar-refractivity contribution in [2.45, 2.75) is 13.3 Å². The van der Waals surface area contributed by atoms with Crippen LogP contribution in [0.1, 0.15) is 33.2 Å². The van der Waals surface area contributed by atoms with Gasteiger partial charge in [-0.3, -0.25) is 9.78 Å². The first-order valence-electron chi connectivity index (χ1n) is 6.19. The number of hydrogen-bond acceptors (Lipinski definition) is 3. The SMILES string of the molecule is CCc1ccccc1C(=O)Nc1cncc(C(=O)O)c1. The lowest BCUT2D eigenvalue weighted by atomic mass is 10.0. The minimum Gasteiger partial charge on any atom is -0.478 e. The Morgan fingerprint density at radius 2 is 2.00 bits per heavy atom. The smallest absolute Gasteiger partial charge is 0.337 e. The van der Waals surface area contributed by atoms with E-state index < -0.39 is 5.97 Å². The van der Waals surface area contributed by atoms with Crippen molar-refractivity contribution in [3.63, 3.8) is 0 Å². The van der Waals surface area contributed by atoms with E-state index in [-0.39, 0.29) is 11.5 Å². The van der Waals surface area contributed by atoms with Gasteiger partial charge in [-0.1, -0.05) is 25.1 Å². The summed E-state index contributed by atoms with van der Waals surface area (Å²) >= 11 is 0. The number of carboxylic acids is 1. The molecular weight excluding hydrogens is 256 g/mol. The van der Waals surface area contributed by atoms with E-state index in [4.69, 9.17) is 5.11 Å². The van der Waals surface area contributed by atoms with E-state index in [1.54, 1.807) is 12.1 Å². The number of aromatic nitrogens is 1. The molecule has 0 atom stereocenters. The van der Waals surface area contributed by atoms with Crippen LogP contribution in [0.3, 0.4) is 0 Å². The quantitative estimate of drug-likeness (QED) is 0.895.